The van der Waals surface area contributed by atoms with Gasteiger partial charge in [-0.3, -0.25) is 4.79 Å². The highest BCUT2D eigenvalue weighted by molar-refractivity contribution is 5.83. The average molecular weight is 256 g/mol. The lowest BCUT2D eigenvalue weighted by Gasteiger charge is -2.40. The van der Waals surface area contributed by atoms with Crippen LogP contribution in [0.4, 0.5) is 0 Å². The van der Waals surface area contributed by atoms with Crippen molar-refractivity contribution < 1.29 is 14.6 Å². The molecule has 2 heterocycles. The fourth-order valence-corrected chi connectivity index (χ4v) is 3.20. The van der Waals surface area contributed by atoms with Crippen LogP contribution in [0.2, 0.25) is 0 Å². The molecule has 104 valence electrons. The van der Waals surface area contributed by atoms with Crippen molar-refractivity contribution in [1.29, 1.82) is 0 Å². The normalized spacial score (nSPS) is 27.4. The van der Waals surface area contributed by atoms with Gasteiger partial charge in [-0.05, 0) is 38.8 Å². The van der Waals surface area contributed by atoms with Crippen LogP contribution in [0.1, 0.15) is 25.7 Å². The van der Waals surface area contributed by atoms with E-state index in [9.17, 15) is 9.90 Å². The topological polar surface area (TPSA) is 61.8 Å². The molecule has 0 radical (unpaired) electrons. The second kappa shape index (κ2) is 5.99. The molecule has 2 rings (SSSR count). The maximum Gasteiger partial charge on any atom is 0.231 e. The largest absolute Gasteiger partial charge is 0.394 e. The molecule has 2 fully saturated rings. The summed E-state index contributed by atoms with van der Waals surface area (Å²) < 4.78 is 5.30. The predicted molar refractivity (Wildman–Crippen MR) is 68.2 cm³/mol. The van der Waals surface area contributed by atoms with E-state index in [0.717, 1.165) is 45.3 Å². The number of carbonyl (C=O) groups is 1. The monoisotopic (exact) mass is 256 g/mol. The van der Waals surface area contributed by atoms with E-state index in [0.29, 0.717) is 6.61 Å². The smallest absolute Gasteiger partial charge is 0.231 e. The van der Waals surface area contributed by atoms with Gasteiger partial charge in [0, 0.05) is 13.7 Å². The predicted octanol–water partition coefficient (Wildman–Crippen LogP) is -0.0141. The number of hydrogen-bond acceptors (Lipinski definition) is 4. The number of ether oxygens (including phenoxy) is 1. The van der Waals surface area contributed by atoms with Gasteiger partial charge in [-0.1, -0.05) is 0 Å². The van der Waals surface area contributed by atoms with Gasteiger partial charge in [-0.15, -0.1) is 0 Å². The molecule has 1 unspecified atom stereocenters. The standard InChI is InChI=1S/C13H24N2O3/c1-18-10-13(4-6-14-7-5-13)12(17)15-8-2-3-11(15)9-16/h11,14,16H,2-10H2,1H3. The number of aliphatic hydroxyl groups excluding tert-OH is 1. The van der Waals surface area contributed by atoms with Gasteiger partial charge >= 0.3 is 0 Å². The number of methoxy groups -OCH3 is 1. The molecule has 0 saturated carbocycles. The summed E-state index contributed by atoms with van der Waals surface area (Å²) in [5.74, 6) is 0.183. The minimum atomic E-state index is -0.377. The minimum absolute atomic E-state index is 0.0149. The molecule has 2 N–H and O–H groups in total. The van der Waals surface area contributed by atoms with Crippen LogP contribution in [0.25, 0.3) is 0 Å². The molecule has 2 saturated heterocycles. The van der Waals surface area contributed by atoms with E-state index in [2.05, 4.69) is 5.32 Å². The second-order valence-corrected chi connectivity index (χ2v) is 5.44. The first kappa shape index (κ1) is 13.8. The van der Waals surface area contributed by atoms with Crippen LogP contribution < -0.4 is 5.32 Å². The van der Waals surface area contributed by atoms with Crippen molar-refractivity contribution in [3.05, 3.63) is 0 Å². The Hall–Kier alpha value is -0.650. The number of piperidine rings is 1. The summed E-state index contributed by atoms with van der Waals surface area (Å²) in [5.41, 5.74) is -0.377. The van der Waals surface area contributed by atoms with E-state index in [1.54, 1.807) is 7.11 Å². The van der Waals surface area contributed by atoms with E-state index < -0.39 is 0 Å². The van der Waals surface area contributed by atoms with Gasteiger partial charge in [-0.2, -0.15) is 0 Å². The Bertz CT molecular complexity index is 284. The lowest BCUT2D eigenvalue weighted by molar-refractivity contribution is -0.149. The maximum absolute atomic E-state index is 12.8. The zero-order valence-corrected chi connectivity index (χ0v) is 11.2. The van der Waals surface area contributed by atoms with Crippen molar-refractivity contribution in [2.24, 2.45) is 5.41 Å². The molecule has 2 aliphatic rings. The van der Waals surface area contributed by atoms with Crippen LogP contribution in [0.3, 0.4) is 0 Å². The van der Waals surface area contributed by atoms with Crippen LogP contribution in [0, 0.1) is 5.41 Å². The lowest BCUT2D eigenvalue weighted by atomic mass is 9.78. The summed E-state index contributed by atoms with van der Waals surface area (Å²) >= 11 is 0. The Morgan fingerprint density at radius 1 is 1.50 bits per heavy atom. The summed E-state index contributed by atoms with van der Waals surface area (Å²) in [5, 5.41) is 12.7. The number of amides is 1. The third-order valence-electron chi connectivity index (χ3n) is 4.28. The summed E-state index contributed by atoms with van der Waals surface area (Å²) in [4.78, 5) is 14.7. The zero-order chi connectivity index (χ0) is 13.0. The Balaban J connectivity index is 2.12. The first-order chi connectivity index (χ1) is 8.73. The van der Waals surface area contributed by atoms with Gasteiger partial charge in [0.1, 0.15) is 0 Å². The van der Waals surface area contributed by atoms with Crippen LogP contribution in [0.5, 0.6) is 0 Å². The van der Waals surface area contributed by atoms with E-state index in [1.807, 2.05) is 4.90 Å². The summed E-state index contributed by atoms with van der Waals surface area (Å²) in [6.07, 6.45) is 3.57. The van der Waals surface area contributed by atoms with Crippen molar-refractivity contribution in [2.75, 3.05) is 40.0 Å². The van der Waals surface area contributed by atoms with Crippen LogP contribution in [-0.2, 0) is 9.53 Å². The fraction of sp³-hybridized carbons (Fsp3) is 0.923. The number of nitrogens with one attached hydrogen (secondary N) is 1. The van der Waals surface area contributed by atoms with Gasteiger partial charge in [0.05, 0.1) is 24.7 Å². The molecule has 18 heavy (non-hydrogen) atoms. The third-order valence-corrected chi connectivity index (χ3v) is 4.28. The van der Waals surface area contributed by atoms with Gasteiger partial charge in [0.2, 0.25) is 5.91 Å². The van der Waals surface area contributed by atoms with Gasteiger partial charge in [0.25, 0.3) is 0 Å². The molecule has 0 aromatic heterocycles. The minimum Gasteiger partial charge on any atom is -0.394 e. The molecule has 0 aliphatic carbocycles. The molecule has 0 aromatic rings. The van der Waals surface area contributed by atoms with Crippen molar-refractivity contribution in [2.45, 2.75) is 31.7 Å². The molecule has 0 aromatic carbocycles. The molecule has 0 bridgehead atoms. The lowest BCUT2D eigenvalue weighted by Crippen LogP contribution is -2.53. The van der Waals surface area contributed by atoms with Gasteiger partial charge < -0.3 is 20.1 Å². The molecule has 5 heteroatoms. The van der Waals surface area contributed by atoms with Crippen LogP contribution in [0.15, 0.2) is 0 Å². The van der Waals surface area contributed by atoms with E-state index >= 15 is 0 Å². The highest BCUT2D eigenvalue weighted by atomic mass is 16.5. The number of rotatable bonds is 4. The summed E-state index contributed by atoms with van der Waals surface area (Å²) in [6, 6.07) is 0.0149. The van der Waals surface area contributed by atoms with E-state index in [-0.39, 0.29) is 24.0 Å². The van der Waals surface area contributed by atoms with Crippen molar-refractivity contribution in [3.63, 3.8) is 0 Å². The Morgan fingerprint density at radius 3 is 2.83 bits per heavy atom. The van der Waals surface area contributed by atoms with Crippen LogP contribution in [-0.4, -0.2) is 61.9 Å². The molecule has 1 atom stereocenters. The highest BCUT2D eigenvalue weighted by Crippen LogP contribution is 2.34. The molecule has 5 nitrogen and oxygen atoms in total. The number of likely N-dealkylation sites (tertiary alicyclic amines) is 1. The Labute approximate surface area is 108 Å². The van der Waals surface area contributed by atoms with E-state index in [4.69, 9.17) is 4.74 Å². The Kier molecular flexibility index (Phi) is 4.59. The van der Waals surface area contributed by atoms with Crippen LogP contribution >= 0.6 is 0 Å². The number of carbonyl (C=O) groups excluding carboxylic acids is 1. The maximum atomic E-state index is 12.8. The van der Waals surface area contributed by atoms with Gasteiger partial charge in [0.15, 0.2) is 0 Å². The average Bonchev–Trinajstić information content (AvgIpc) is 2.87. The summed E-state index contributed by atoms with van der Waals surface area (Å²) in [6.45, 7) is 3.08. The zero-order valence-electron chi connectivity index (χ0n) is 11.2. The molecule has 0 spiro atoms. The van der Waals surface area contributed by atoms with Crippen molar-refractivity contribution in [1.82, 2.24) is 10.2 Å². The molecular weight excluding hydrogens is 232 g/mol. The summed E-state index contributed by atoms with van der Waals surface area (Å²) in [7, 11) is 1.66. The first-order valence-corrected chi connectivity index (χ1v) is 6.85. The van der Waals surface area contributed by atoms with Crippen molar-refractivity contribution >= 4 is 5.91 Å². The SMILES string of the molecule is COCC1(C(=O)N2CCCC2CO)CCNCC1. The number of aliphatic hydroxyl groups is 1. The second-order valence-electron chi connectivity index (χ2n) is 5.44. The molecule has 2 aliphatic heterocycles. The number of hydrogen-bond donors (Lipinski definition) is 2. The van der Waals surface area contributed by atoms with Gasteiger partial charge in [-0.25, -0.2) is 0 Å². The first-order valence-electron chi connectivity index (χ1n) is 6.85. The highest BCUT2D eigenvalue weighted by Gasteiger charge is 2.44. The fourth-order valence-electron chi connectivity index (χ4n) is 3.20. The van der Waals surface area contributed by atoms with Crippen molar-refractivity contribution in [3.8, 4) is 0 Å². The van der Waals surface area contributed by atoms with E-state index in [1.165, 1.54) is 0 Å². The molecular formula is C13H24N2O3. The third kappa shape index (κ3) is 2.53. The Morgan fingerprint density at radius 2 is 2.22 bits per heavy atom. The number of nitrogens with zero attached hydrogens (tertiary/aromatic N) is 1. The molecule has 1 amide bonds. The quantitative estimate of drug-likeness (QED) is 0.742.